The molecule has 0 aromatic heterocycles. The van der Waals surface area contributed by atoms with Crippen LogP contribution in [0.1, 0.15) is 39.7 Å². The molecule has 0 aliphatic rings. The van der Waals surface area contributed by atoms with Gasteiger partial charge in [0, 0.05) is 22.8 Å². The Labute approximate surface area is 137 Å². The van der Waals surface area contributed by atoms with E-state index in [4.69, 9.17) is 22.1 Å². The summed E-state index contributed by atoms with van der Waals surface area (Å²) < 4.78 is 5.05. The molecule has 0 aliphatic heterocycles. The van der Waals surface area contributed by atoms with Gasteiger partial charge in [-0.25, -0.2) is 4.79 Å². The normalized spacial score (nSPS) is 11.6. The fourth-order valence-corrected chi connectivity index (χ4v) is 2.01. The van der Waals surface area contributed by atoms with Crippen molar-refractivity contribution in [1.29, 1.82) is 0 Å². The summed E-state index contributed by atoms with van der Waals surface area (Å²) in [6, 6.07) is 5.18. The lowest BCUT2D eigenvalue weighted by Crippen LogP contribution is -2.29. The molecule has 1 aromatic carbocycles. The van der Waals surface area contributed by atoms with Gasteiger partial charge >= 0.3 is 6.09 Å². The number of nitrogens with two attached hydrogens (primary N) is 1. The number of amides is 1. The molecule has 122 valence electrons. The summed E-state index contributed by atoms with van der Waals surface area (Å²) in [5.41, 5.74) is 7.85. The van der Waals surface area contributed by atoms with Gasteiger partial charge in [0.2, 0.25) is 0 Å². The maximum atomic E-state index is 12.0. The van der Waals surface area contributed by atoms with E-state index in [1.807, 2.05) is 0 Å². The maximum absolute atomic E-state index is 12.0. The molecule has 0 heterocycles. The first-order chi connectivity index (χ1) is 10.3. The molecule has 2 N–H and O–H groups in total. The van der Waals surface area contributed by atoms with Crippen LogP contribution in [0.3, 0.4) is 0 Å². The smallest absolute Gasteiger partial charge is 0.430 e. The van der Waals surface area contributed by atoms with E-state index in [1.165, 1.54) is 5.01 Å². The summed E-state index contributed by atoms with van der Waals surface area (Å²) in [7, 11) is 0. The van der Waals surface area contributed by atoms with Crippen molar-refractivity contribution in [1.82, 2.24) is 5.01 Å². The monoisotopic (exact) mass is 325 g/mol. The summed E-state index contributed by atoms with van der Waals surface area (Å²) in [5.74, 6) is 0.462. The van der Waals surface area contributed by atoms with E-state index in [0.717, 1.165) is 6.42 Å². The van der Waals surface area contributed by atoms with Gasteiger partial charge in [0.25, 0.3) is 0 Å². The second kappa shape index (κ2) is 8.63. The highest BCUT2D eigenvalue weighted by Crippen LogP contribution is 2.19. The number of nitrogens with zero attached hydrogens (tertiary/aromatic N) is 2. The molecule has 0 bridgehead atoms. The predicted octanol–water partition coefficient (Wildman–Crippen LogP) is 4.15. The Kier molecular flexibility index (Phi) is 7.18. The van der Waals surface area contributed by atoms with Crippen LogP contribution in [0, 0.1) is 5.92 Å². The lowest BCUT2D eigenvalue weighted by Gasteiger charge is -2.19. The van der Waals surface area contributed by atoms with Crippen LogP contribution in [0.5, 0.6) is 0 Å². The number of carbonyl (C=O) groups excluding carboxylic acids is 1. The molecule has 6 heteroatoms. The highest BCUT2D eigenvalue weighted by Gasteiger charge is 2.15. The van der Waals surface area contributed by atoms with Gasteiger partial charge in [-0.15, -0.1) is 0 Å². The summed E-state index contributed by atoms with van der Waals surface area (Å²) >= 11 is 6.00. The van der Waals surface area contributed by atoms with Gasteiger partial charge < -0.3 is 10.5 Å². The van der Waals surface area contributed by atoms with E-state index in [2.05, 4.69) is 18.9 Å². The number of hydrogen-bond acceptors (Lipinski definition) is 4. The third kappa shape index (κ3) is 5.56. The molecule has 0 unspecified atom stereocenters. The average Bonchev–Trinajstić information content (AvgIpc) is 2.45. The van der Waals surface area contributed by atoms with Crippen molar-refractivity contribution < 1.29 is 9.53 Å². The minimum Gasteiger partial charge on any atom is -0.448 e. The number of anilines is 1. The lowest BCUT2D eigenvalue weighted by atomic mass is 10.1. The summed E-state index contributed by atoms with van der Waals surface area (Å²) in [4.78, 5) is 12.0. The third-order valence-electron chi connectivity index (χ3n) is 3.07. The molecule has 0 fully saturated rings. The van der Waals surface area contributed by atoms with Crippen molar-refractivity contribution in [3.05, 3.63) is 28.8 Å². The minimum atomic E-state index is -0.455. The standard InChI is InChI=1S/C16H24ClN3O2/c1-5-22-16(21)20(9-8-11(2)3)19-12(4)14-10-13(17)6-7-15(14)18/h6-7,10-11H,5,8-9,18H2,1-4H3/b19-12+. The topological polar surface area (TPSA) is 67.9 Å². The van der Waals surface area contributed by atoms with Crippen LogP contribution >= 0.6 is 11.6 Å². The zero-order chi connectivity index (χ0) is 16.7. The second-order valence-electron chi connectivity index (χ2n) is 5.42. The van der Waals surface area contributed by atoms with E-state index in [0.29, 0.717) is 41.1 Å². The molecule has 1 rings (SSSR count). The van der Waals surface area contributed by atoms with Crippen LogP contribution in [0.2, 0.25) is 5.02 Å². The van der Waals surface area contributed by atoms with E-state index in [9.17, 15) is 4.79 Å². The summed E-state index contributed by atoms with van der Waals surface area (Å²) in [5, 5.41) is 6.30. The fraction of sp³-hybridized carbons (Fsp3) is 0.500. The molecule has 5 nitrogen and oxygen atoms in total. The van der Waals surface area contributed by atoms with Gasteiger partial charge in [-0.3, -0.25) is 0 Å². The van der Waals surface area contributed by atoms with E-state index in [-0.39, 0.29) is 0 Å². The molecule has 22 heavy (non-hydrogen) atoms. The Morgan fingerprint density at radius 3 is 2.73 bits per heavy atom. The van der Waals surface area contributed by atoms with E-state index >= 15 is 0 Å². The number of hydrogen-bond donors (Lipinski definition) is 1. The van der Waals surface area contributed by atoms with Crippen molar-refractivity contribution in [3.63, 3.8) is 0 Å². The van der Waals surface area contributed by atoms with Crippen molar-refractivity contribution >= 4 is 29.1 Å². The molecule has 0 atom stereocenters. The molecule has 1 aromatic rings. The van der Waals surface area contributed by atoms with Crippen LogP contribution in [0.15, 0.2) is 23.3 Å². The predicted molar refractivity (Wildman–Crippen MR) is 91.3 cm³/mol. The molecule has 1 amide bonds. The zero-order valence-corrected chi connectivity index (χ0v) is 14.4. The van der Waals surface area contributed by atoms with Crippen LogP contribution < -0.4 is 5.73 Å². The summed E-state index contributed by atoms with van der Waals surface area (Å²) in [6.07, 6.45) is 0.378. The molecule has 0 saturated heterocycles. The highest BCUT2D eigenvalue weighted by atomic mass is 35.5. The number of nitrogen functional groups attached to an aromatic ring is 1. The van der Waals surface area contributed by atoms with Gasteiger partial charge in [-0.2, -0.15) is 10.1 Å². The average molecular weight is 326 g/mol. The maximum Gasteiger partial charge on any atom is 0.430 e. The number of benzene rings is 1. The molecular formula is C16H24ClN3O2. The number of hydrazone groups is 1. The first-order valence-electron chi connectivity index (χ1n) is 7.40. The molecular weight excluding hydrogens is 302 g/mol. The Bertz CT molecular complexity index is 544. The van der Waals surface area contributed by atoms with E-state index < -0.39 is 6.09 Å². The van der Waals surface area contributed by atoms with Crippen LogP contribution in [0.4, 0.5) is 10.5 Å². The van der Waals surface area contributed by atoms with Gasteiger partial charge in [0.1, 0.15) is 0 Å². The molecule has 0 radical (unpaired) electrons. The van der Waals surface area contributed by atoms with Crippen molar-refractivity contribution in [3.8, 4) is 0 Å². The molecule has 0 aliphatic carbocycles. The van der Waals surface area contributed by atoms with Crippen LogP contribution in [-0.2, 0) is 4.74 Å². The number of carbonyl (C=O) groups is 1. The Morgan fingerprint density at radius 2 is 2.14 bits per heavy atom. The molecule has 0 spiro atoms. The highest BCUT2D eigenvalue weighted by molar-refractivity contribution is 6.31. The zero-order valence-electron chi connectivity index (χ0n) is 13.6. The number of rotatable bonds is 6. The van der Waals surface area contributed by atoms with Crippen molar-refractivity contribution in [2.24, 2.45) is 11.0 Å². The first kappa shape index (κ1) is 18.3. The van der Waals surface area contributed by atoms with Gasteiger partial charge in [0.15, 0.2) is 0 Å². The Hall–Kier alpha value is -1.75. The molecule has 0 saturated carbocycles. The van der Waals surface area contributed by atoms with Gasteiger partial charge in [-0.1, -0.05) is 25.4 Å². The Balaban J connectivity index is 3.02. The number of halogens is 1. The summed E-state index contributed by atoms with van der Waals surface area (Å²) in [6.45, 7) is 8.55. The van der Waals surface area contributed by atoms with Gasteiger partial charge in [0.05, 0.1) is 12.3 Å². The van der Waals surface area contributed by atoms with Crippen LogP contribution in [-0.4, -0.2) is 30.0 Å². The SMILES string of the molecule is CCOC(=O)N(CCC(C)C)/N=C(\C)c1cc(Cl)ccc1N. The largest absolute Gasteiger partial charge is 0.448 e. The first-order valence-corrected chi connectivity index (χ1v) is 7.77. The minimum absolute atomic E-state index is 0.310. The fourth-order valence-electron chi connectivity index (χ4n) is 1.84. The van der Waals surface area contributed by atoms with E-state index in [1.54, 1.807) is 32.0 Å². The lowest BCUT2D eigenvalue weighted by molar-refractivity contribution is 0.107. The van der Waals surface area contributed by atoms with Crippen molar-refractivity contribution in [2.45, 2.75) is 34.1 Å². The third-order valence-corrected chi connectivity index (χ3v) is 3.31. The quantitative estimate of drug-likeness (QED) is 0.485. The van der Waals surface area contributed by atoms with Gasteiger partial charge in [-0.05, 0) is 44.4 Å². The van der Waals surface area contributed by atoms with Crippen LogP contribution in [0.25, 0.3) is 0 Å². The Morgan fingerprint density at radius 1 is 1.45 bits per heavy atom. The second-order valence-corrected chi connectivity index (χ2v) is 5.86. The van der Waals surface area contributed by atoms with Crippen molar-refractivity contribution in [2.75, 3.05) is 18.9 Å². The number of ether oxygens (including phenoxy) is 1.